The summed E-state index contributed by atoms with van der Waals surface area (Å²) in [6, 6.07) is 10.5. The summed E-state index contributed by atoms with van der Waals surface area (Å²) in [5, 5.41) is 4.00. The van der Waals surface area contributed by atoms with Crippen LogP contribution >= 0.6 is 0 Å². The van der Waals surface area contributed by atoms with Crippen LogP contribution in [0.5, 0.6) is 0 Å². The standard InChI is InChI=1S/C20H17F2N3O2/c1-12-5-2-6-13(11-12)18-23-19(27-24-18)16-9-4-10-25(16)20(26)17-14(21)7-3-8-15(17)22/h2-3,5-8,11,16H,4,9-10H2,1H3/t16-/m1/s1. The first-order chi connectivity index (χ1) is 13.0. The summed E-state index contributed by atoms with van der Waals surface area (Å²) in [6.07, 6.45) is 1.28. The van der Waals surface area contributed by atoms with Crippen molar-refractivity contribution in [3.8, 4) is 11.4 Å². The van der Waals surface area contributed by atoms with Crippen molar-refractivity contribution in [2.24, 2.45) is 0 Å². The monoisotopic (exact) mass is 369 g/mol. The van der Waals surface area contributed by atoms with Crippen molar-refractivity contribution in [2.45, 2.75) is 25.8 Å². The van der Waals surface area contributed by atoms with E-state index in [1.165, 1.54) is 11.0 Å². The van der Waals surface area contributed by atoms with Crippen molar-refractivity contribution in [2.75, 3.05) is 6.54 Å². The third-order valence-corrected chi connectivity index (χ3v) is 4.69. The Hall–Kier alpha value is -3.09. The van der Waals surface area contributed by atoms with E-state index in [9.17, 15) is 13.6 Å². The van der Waals surface area contributed by atoms with Gasteiger partial charge in [-0.15, -0.1) is 0 Å². The summed E-state index contributed by atoms with van der Waals surface area (Å²) in [7, 11) is 0. The van der Waals surface area contributed by atoms with Crippen molar-refractivity contribution in [3.05, 3.63) is 71.1 Å². The van der Waals surface area contributed by atoms with Crippen LogP contribution < -0.4 is 0 Å². The lowest BCUT2D eigenvalue weighted by Gasteiger charge is -2.22. The molecule has 3 aromatic rings. The molecule has 1 atom stereocenters. The number of benzene rings is 2. The fourth-order valence-corrected chi connectivity index (χ4v) is 3.38. The number of hydrogen-bond acceptors (Lipinski definition) is 4. The summed E-state index contributed by atoms with van der Waals surface area (Å²) in [4.78, 5) is 18.6. The van der Waals surface area contributed by atoms with E-state index in [1.54, 1.807) is 0 Å². The van der Waals surface area contributed by atoms with E-state index in [0.717, 1.165) is 23.3 Å². The fourth-order valence-electron chi connectivity index (χ4n) is 3.38. The Labute approximate surface area is 154 Å². The van der Waals surface area contributed by atoms with Crippen LogP contribution in [0.4, 0.5) is 8.78 Å². The van der Waals surface area contributed by atoms with E-state index in [2.05, 4.69) is 10.1 Å². The molecule has 1 amide bonds. The first kappa shape index (κ1) is 17.3. The molecule has 0 unspecified atom stereocenters. The van der Waals surface area contributed by atoms with Crippen molar-refractivity contribution < 1.29 is 18.1 Å². The molecule has 0 spiro atoms. The van der Waals surface area contributed by atoms with Gasteiger partial charge in [0, 0.05) is 12.1 Å². The Morgan fingerprint density at radius 2 is 1.93 bits per heavy atom. The molecule has 1 aliphatic rings. The molecule has 0 radical (unpaired) electrons. The van der Waals surface area contributed by atoms with Crippen molar-refractivity contribution in [1.29, 1.82) is 0 Å². The van der Waals surface area contributed by atoms with Gasteiger partial charge in [0.25, 0.3) is 5.91 Å². The molecule has 0 aliphatic carbocycles. The normalized spacial score (nSPS) is 16.7. The molecular formula is C20H17F2N3O2. The lowest BCUT2D eigenvalue weighted by atomic mass is 10.1. The van der Waals surface area contributed by atoms with Gasteiger partial charge in [-0.1, -0.05) is 35.0 Å². The summed E-state index contributed by atoms with van der Waals surface area (Å²) in [5.74, 6) is -1.77. The molecule has 138 valence electrons. The number of hydrogen-bond donors (Lipinski definition) is 0. The second-order valence-corrected chi connectivity index (χ2v) is 6.58. The van der Waals surface area contributed by atoms with Gasteiger partial charge in [-0.05, 0) is 38.0 Å². The van der Waals surface area contributed by atoms with E-state index in [0.29, 0.717) is 25.2 Å². The maximum atomic E-state index is 14.0. The Bertz CT molecular complexity index is 982. The van der Waals surface area contributed by atoms with Crippen molar-refractivity contribution in [1.82, 2.24) is 15.0 Å². The fraction of sp³-hybridized carbons (Fsp3) is 0.250. The molecule has 0 saturated carbocycles. The number of carbonyl (C=O) groups excluding carboxylic acids is 1. The summed E-state index contributed by atoms with van der Waals surface area (Å²) in [5.41, 5.74) is 1.32. The Balaban J connectivity index is 1.63. The molecule has 1 aromatic heterocycles. The third kappa shape index (κ3) is 3.20. The molecule has 0 bridgehead atoms. The van der Waals surface area contributed by atoms with Crippen LogP contribution in [-0.4, -0.2) is 27.5 Å². The van der Waals surface area contributed by atoms with Gasteiger partial charge < -0.3 is 9.42 Å². The summed E-state index contributed by atoms with van der Waals surface area (Å²) in [6.45, 7) is 2.34. The number of carbonyl (C=O) groups is 1. The zero-order valence-corrected chi connectivity index (χ0v) is 14.7. The predicted octanol–water partition coefficient (Wildman–Crippen LogP) is 4.30. The molecule has 0 N–H and O–H groups in total. The molecule has 2 aromatic carbocycles. The molecule has 1 aliphatic heterocycles. The van der Waals surface area contributed by atoms with Gasteiger partial charge in [0.1, 0.15) is 23.2 Å². The second kappa shape index (κ2) is 6.90. The number of likely N-dealkylation sites (tertiary alicyclic amines) is 1. The maximum Gasteiger partial charge on any atom is 0.260 e. The van der Waals surface area contributed by atoms with Gasteiger partial charge in [-0.25, -0.2) is 8.78 Å². The van der Waals surface area contributed by atoms with Gasteiger partial charge in [-0.3, -0.25) is 4.79 Å². The van der Waals surface area contributed by atoms with Crippen molar-refractivity contribution >= 4 is 5.91 Å². The van der Waals surface area contributed by atoms with Crippen molar-refractivity contribution in [3.63, 3.8) is 0 Å². The summed E-state index contributed by atoms with van der Waals surface area (Å²) < 4.78 is 33.4. The van der Waals surface area contributed by atoms with Crippen LogP contribution in [0.3, 0.4) is 0 Å². The highest BCUT2D eigenvalue weighted by atomic mass is 19.1. The third-order valence-electron chi connectivity index (χ3n) is 4.69. The van der Waals surface area contributed by atoms with Crippen LogP contribution in [0.15, 0.2) is 47.0 Å². The molecule has 7 heteroatoms. The first-order valence-corrected chi connectivity index (χ1v) is 8.70. The lowest BCUT2D eigenvalue weighted by Crippen LogP contribution is -2.32. The summed E-state index contributed by atoms with van der Waals surface area (Å²) >= 11 is 0. The molecule has 27 heavy (non-hydrogen) atoms. The molecule has 4 rings (SSSR count). The van der Waals surface area contributed by atoms with Gasteiger partial charge >= 0.3 is 0 Å². The van der Waals surface area contributed by atoms with Crippen LogP contribution in [0.1, 0.15) is 40.7 Å². The zero-order chi connectivity index (χ0) is 19.0. The van der Waals surface area contributed by atoms with E-state index in [-0.39, 0.29) is 5.89 Å². The minimum Gasteiger partial charge on any atom is -0.337 e. The minimum atomic E-state index is -0.878. The van der Waals surface area contributed by atoms with Gasteiger partial charge in [0.05, 0.1) is 0 Å². The lowest BCUT2D eigenvalue weighted by molar-refractivity contribution is 0.0700. The molecule has 1 saturated heterocycles. The Kier molecular flexibility index (Phi) is 4.43. The number of halogens is 2. The SMILES string of the molecule is Cc1cccc(-c2noc([C@H]3CCCN3C(=O)c3c(F)cccc3F)n2)c1. The number of aromatic nitrogens is 2. The maximum absolute atomic E-state index is 14.0. The minimum absolute atomic E-state index is 0.272. The van der Waals surface area contributed by atoms with Gasteiger partial charge in [0.15, 0.2) is 0 Å². The molecule has 2 heterocycles. The van der Waals surface area contributed by atoms with E-state index >= 15 is 0 Å². The highest BCUT2D eigenvalue weighted by Gasteiger charge is 2.36. The van der Waals surface area contributed by atoms with E-state index in [1.807, 2.05) is 31.2 Å². The zero-order valence-electron chi connectivity index (χ0n) is 14.7. The predicted molar refractivity (Wildman–Crippen MR) is 93.8 cm³/mol. The Morgan fingerprint density at radius 3 is 2.67 bits per heavy atom. The van der Waals surface area contributed by atoms with Crippen LogP contribution in [0.25, 0.3) is 11.4 Å². The average molecular weight is 369 g/mol. The number of amides is 1. The highest BCUT2D eigenvalue weighted by molar-refractivity contribution is 5.95. The number of rotatable bonds is 3. The first-order valence-electron chi connectivity index (χ1n) is 8.70. The highest BCUT2D eigenvalue weighted by Crippen LogP contribution is 2.34. The van der Waals surface area contributed by atoms with E-state index in [4.69, 9.17) is 4.52 Å². The largest absolute Gasteiger partial charge is 0.337 e. The molecular weight excluding hydrogens is 352 g/mol. The second-order valence-electron chi connectivity index (χ2n) is 6.58. The average Bonchev–Trinajstić information content (AvgIpc) is 3.30. The topological polar surface area (TPSA) is 59.2 Å². The smallest absolute Gasteiger partial charge is 0.260 e. The van der Waals surface area contributed by atoms with Crippen LogP contribution in [0, 0.1) is 18.6 Å². The van der Waals surface area contributed by atoms with E-state index < -0.39 is 29.1 Å². The van der Waals surface area contributed by atoms with Crippen LogP contribution in [0.2, 0.25) is 0 Å². The number of aryl methyl sites for hydroxylation is 1. The number of nitrogens with zero attached hydrogens (tertiary/aromatic N) is 3. The van der Waals surface area contributed by atoms with Crippen LogP contribution in [-0.2, 0) is 0 Å². The van der Waals surface area contributed by atoms with Gasteiger partial charge in [-0.2, -0.15) is 4.98 Å². The molecule has 1 fully saturated rings. The molecule has 5 nitrogen and oxygen atoms in total. The Morgan fingerprint density at radius 1 is 1.19 bits per heavy atom. The quantitative estimate of drug-likeness (QED) is 0.691. The van der Waals surface area contributed by atoms with Gasteiger partial charge in [0.2, 0.25) is 11.7 Å².